The summed E-state index contributed by atoms with van der Waals surface area (Å²) in [5.41, 5.74) is 1.49. The molecule has 0 spiro atoms. The van der Waals surface area contributed by atoms with Gasteiger partial charge in [-0.3, -0.25) is 9.59 Å². The predicted octanol–water partition coefficient (Wildman–Crippen LogP) is 5.50. The first-order valence-corrected chi connectivity index (χ1v) is 12.2. The Morgan fingerprint density at radius 1 is 0.971 bits per heavy atom. The maximum atomic E-state index is 12.9. The van der Waals surface area contributed by atoms with Crippen molar-refractivity contribution >= 4 is 41.2 Å². The minimum absolute atomic E-state index is 0.141. The van der Waals surface area contributed by atoms with Crippen LogP contribution in [-0.2, 0) is 16.2 Å². The Bertz CT molecular complexity index is 1160. The van der Waals surface area contributed by atoms with E-state index in [0.717, 1.165) is 23.4 Å². The molecule has 176 valence electrons. The summed E-state index contributed by atoms with van der Waals surface area (Å²) in [4.78, 5) is 25.9. The molecule has 1 heterocycles. The summed E-state index contributed by atoms with van der Waals surface area (Å²) < 4.78 is 11.7. The minimum Gasteiger partial charge on any atom is -0.490 e. The van der Waals surface area contributed by atoms with Crippen molar-refractivity contribution in [1.82, 2.24) is 5.01 Å². The number of allylic oxidation sites excluding steroid dienone is 2. The second-order valence-electron chi connectivity index (χ2n) is 8.74. The fourth-order valence-electron chi connectivity index (χ4n) is 5.08. The van der Waals surface area contributed by atoms with E-state index < -0.39 is 0 Å². The number of benzene rings is 2. The van der Waals surface area contributed by atoms with Gasteiger partial charge in [-0.25, -0.2) is 0 Å². The number of hydrazone groups is 1. The third-order valence-corrected chi connectivity index (χ3v) is 7.31. The average molecular weight is 499 g/mol. The van der Waals surface area contributed by atoms with Crippen molar-refractivity contribution in [1.29, 1.82) is 0 Å². The molecule has 6 rings (SSSR count). The molecule has 0 radical (unpaired) electrons. The van der Waals surface area contributed by atoms with Gasteiger partial charge in [0.15, 0.2) is 11.5 Å². The highest BCUT2D eigenvalue weighted by molar-refractivity contribution is 6.35. The smallest absolute Gasteiger partial charge is 0.254 e. The van der Waals surface area contributed by atoms with Crippen LogP contribution >= 0.6 is 23.2 Å². The molecule has 1 saturated carbocycles. The number of ether oxygens (including phenoxy) is 2. The summed E-state index contributed by atoms with van der Waals surface area (Å²) in [6, 6.07) is 10.6. The SMILES string of the molecule is CCOc1cc(/C=N\N2C(=O)[C@H]3[C@H](C2=O)[C@H]2C=C[C@H]3CC2)ccc1OCc1ccc(Cl)cc1Cl. The van der Waals surface area contributed by atoms with Crippen molar-refractivity contribution < 1.29 is 19.1 Å². The van der Waals surface area contributed by atoms with Gasteiger partial charge >= 0.3 is 0 Å². The predicted molar refractivity (Wildman–Crippen MR) is 130 cm³/mol. The van der Waals surface area contributed by atoms with E-state index in [1.165, 1.54) is 6.21 Å². The number of hydrogen-bond acceptors (Lipinski definition) is 5. The topological polar surface area (TPSA) is 68.2 Å². The van der Waals surface area contributed by atoms with E-state index in [0.29, 0.717) is 33.7 Å². The molecule has 2 fully saturated rings. The Morgan fingerprint density at radius 2 is 1.68 bits per heavy atom. The van der Waals surface area contributed by atoms with Gasteiger partial charge in [-0.1, -0.05) is 41.4 Å². The zero-order chi connectivity index (χ0) is 23.8. The van der Waals surface area contributed by atoms with Crippen LogP contribution < -0.4 is 9.47 Å². The van der Waals surface area contributed by atoms with Crippen LogP contribution in [0.1, 0.15) is 30.9 Å². The number of carbonyl (C=O) groups is 2. The summed E-state index contributed by atoms with van der Waals surface area (Å²) in [5.74, 6) is 0.415. The molecule has 0 aromatic heterocycles. The Kier molecular flexibility index (Phi) is 6.36. The molecule has 1 aliphatic heterocycles. The molecule has 6 nitrogen and oxygen atoms in total. The lowest BCUT2D eigenvalue weighted by molar-refractivity contribution is -0.140. The molecule has 2 amide bonds. The standard InChI is InChI=1S/C26H24Cl2N2O4/c1-2-33-22-11-15(3-10-21(22)34-14-18-8-9-19(27)12-20(18)28)13-29-30-25(31)23-16-4-5-17(7-6-16)24(23)26(30)32/h3-5,8-13,16-17,23-24H,2,6-7,14H2,1H3/b29-13-/t16-,17-,23+,24+/m0/s1. The average Bonchev–Trinajstić information content (AvgIpc) is 3.11. The van der Waals surface area contributed by atoms with Gasteiger partial charge in [0.05, 0.1) is 24.7 Å². The summed E-state index contributed by atoms with van der Waals surface area (Å²) in [6.07, 6.45) is 7.62. The Morgan fingerprint density at radius 3 is 2.29 bits per heavy atom. The fourth-order valence-corrected chi connectivity index (χ4v) is 5.55. The van der Waals surface area contributed by atoms with Crippen molar-refractivity contribution in [3.63, 3.8) is 0 Å². The van der Waals surface area contributed by atoms with Crippen LogP contribution in [0.15, 0.2) is 53.7 Å². The first-order valence-electron chi connectivity index (χ1n) is 11.4. The second kappa shape index (κ2) is 9.43. The van der Waals surface area contributed by atoms with E-state index in [2.05, 4.69) is 17.3 Å². The highest BCUT2D eigenvalue weighted by atomic mass is 35.5. The first-order chi connectivity index (χ1) is 16.5. The number of imide groups is 1. The molecule has 4 aliphatic rings. The van der Waals surface area contributed by atoms with Crippen LogP contribution in [0.4, 0.5) is 0 Å². The van der Waals surface area contributed by atoms with E-state index in [1.807, 2.05) is 13.0 Å². The van der Waals surface area contributed by atoms with Crippen LogP contribution in [0.5, 0.6) is 11.5 Å². The van der Waals surface area contributed by atoms with Gasteiger partial charge in [-0.2, -0.15) is 10.1 Å². The third-order valence-electron chi connectivity index (χ3n) is 6.72. The van der Waals surface area contributed by atoms with Gasteiger partial charge in [0.1, 0.15) is 6.61 Å². The Balaban J connectivity index is 1.32. The molecule has 2 bridgehead atoms. The van der Waals surface area contributed by atoms with Crippen molar-refractivity contribution in [3.05, 3.63) is 69.7 Å². The number of carbonyl (C=O) groups excluding carboxylic acids is 2. The molecule has 3 aliphatic carbocycles. The molecule has 2 aromatic rings. The largest absolute Gasteiger partial charge is 0.490 e. The molecule has 34 heavy (non-hydrogen) atoms. The Labute approximate surface area is 208 Å². The van der Waals surface area contributed by atoms with Gasteiger partial charge in [-0.05, 0) is 67.5 Å². The highest BCUT2D eigenvalue weighted by Gasteiger charge is 2.56. The van der Waals surface area contributed by atoms with Gasteiger partial charge in [-0.15, -0.1) is 0 Å². The van der Waals surface area contributed by atoms with E-state index in [4.69, 9.17) is 32.7 Å². The van der Waals surface area contributed by atoms with E-state index in [9.17, 15) is 9.59 Å². The fraction of sp³-hybridized carbons (Fsp3) is 0.346. The lowest BCUT2D eigenvalue weighted by Crippen LogP contribution is -2.38. The molecular weight excluding hydrogens is 475 g/mol. The number of hydrogen-bond donors (Lipinski definition) is 0. The van der Waals surface area contributed by atoms with Crippen LogP contribution in [0, 0.1) is 23.7 Å². The van der Waals surface area contributed by atoms with E-state index in [1.54, 1.807) is 30.3 Å². The van der Waals surface area contributed by atoms with Crippen molar-refractivity contribution in [3.8, 4) is 11.5 Å². The summed E-state index contributed by atoms with van der Waals surface area (Å²) in [7, 11) is 0. The van der Waals surface area contributed by atoms with Gasteiger partial charge < -0.3 is 9.47 Å². The van der Waals surface area contributed by atoms with Crippen molar-refractivity contribution in [2.75, 3.05) is 6.61 Å². The molecule has 0 unspecified atom stereocenters. The monoisotopic (exact) mass is 498 g/mol. The van der Waals surface area contributed by atoms with Crippen LogP contribution in [-0.4, -0.2) is 29.6 Å². The van der Waals surface area contributed by atoms with Crippen molar-refractivity contribution in [2.45, 2.75) is 26.4 Å². The quantitative estimate of drug-likeness (QED) is 0.287. The van der Waals surface area contributed by atoms with Crippen LogP contribution in [0.2, 0.25) is 10.0 Å². The lowest BCUT2D eigenvalue weighted by atomic mass is 9.63. The summed E-state index contributed by atoms with van der Waals surface area (Å²) in [5, 5.41) is 6.42. The Hall–Kier alpha value is -2.83. The molecule has 4 atom stereocenters. The summed E-state index contributed by atoms with van der Waals surface area (Å²) >= 11 is 12.2. The zero-order valence-electron chi connectivity index (χ0n) is 18.6. The molecule has 1 saturated heterocycles. The van der Waals surface area contributed by atoms with E-state index >= 15 is 0 Å². The van der Waals surface area contributed by atoms with Gasteiger partial charge in [0.25, 0.3) is 11.8 Å². The normalized spacial score (nSPS) is 25.3. The number of amides is 2. The molecule has 0 N–H and O–H groups in total. The number of nitrogens with zero attached hydrogens (tertiary/aromatic N) is 2. The zero-order valence-corrected chi connectivity index (χ0v) is 20.1. The molecular formula is C26H24Cl2N2O4. The second-order valence-corrected chi connectivity index (χ2v) is 9.58. The van der Waals surface area contributed by atoms with Gasteiger partial charge in [0.2, 0.25) is 0 Å². The maximum Gasteiger partial charge on any atom is 0.254 e. The van der Waals surface area contributed by atoms with E-state index in [-0.39, 0.29) is 42.1 Å². The van der Waals surface area contributed by atoms with Crippen LogP contribution in [0.3, 0.4) is 0 Å². The summed E-state index contributed by atoms with van der Waals surface area (Å²) in [6.45, 7) is 2.58. The lowest BCUT2D eigenvalue weighted by Gasteiger charge is -2.37. The van der Waals surface area contributed by atoms with Crippen molar-refractivity contribution in [2.24, 2.45) is 28.8 Å². The highest BCUT2D eigenvalue weighted by Crippen LogP contribution is 2.49. The number of fused-ring (bicyclic) bond motifs is 1. The van der Waals surface area contributed by atoms with Gasteiger partial charge in [0, 0.05) is 15.6 Å². The first kappa shape index (κ1) is 22.9. The maximum absolute atomic E-state index is 12.9. The number of halogens is 2. The minimum atomic E-state index is -0.275. The van der Waals surface area contributed by atoms with Crippen LogP contribution in [0.25, 0.3) is 0 Å². The third kappa shape index (κ3) is 4.21. The molecule has 8 heteroatoms. The molecule has 2 aromatic carbocycles. The number of rotatable bonds is 7.